The maximum atomic E-state index is 13.0. The molecule has 0 bridgehead atoms. The molecule has 0 unspecified atom stereocenters. The van der Waals surface area contributed by atoms with Crippen molar-refractivity contribution < 1.29 is 9.53 Å². The number of aromatic nitrogens is 6. The van der Waals surface area contributed by atoms with E-state index in [1.807, 2.05) is 25.1 Å². The van der Waals surface area contributed by atoms with E-state index in [2.05, 4.69) is 73.1 Å². The lowest BCUT2D eigenvalue weighted by atomic mass is 9.98. The molecular weight excluding hydrogens is 494 g/mol. The number of carbonyl (C=O) groups excluding carboxylic acids is 1. The van der Waals surface area contributed by atoms with Gasteiger partial charge in [0.05, 0.1) is 19.4 Å². The maximum absolute atomic E-state index is 13.0. The number of ether oxygens (including phenoxy) is 1. The summed E-state index contributed by atoms with van der Waals surface area (Å²) in [6.45, 7) is 7.70. The fraction of sp³-hybridized carbons (Fsp3) is 0.357. The number of amides is 2. The number of anilines is 2. The van der Waals surface area contributed by atoms with Crippen LogP contribution in [0.5, 0.6) is 0 Å². The summed E-state index contributed by atoms with van der Waals surface area (Å²) in [5.41, 5.74) is 4.80. The average molecular weight is 528 g/mol. The Kier molecular flexibility index (Phi) is 8.37. The number of H-pyrrole nitrogens is 1. The van der Waals surface area contributed by atoms with Crippen molar-refractivity contribution in [3.8, 4) is 22.5 Å². The van der Waals surface area contributed by atoms with Gasteiger partial charge in [0.2, 0.25) is 0 Å². The molecule has 39 heavy (non-hydrogen) atoms. The van der Waals surface area contributed by atoms with E-state index in [-0.39, 0.29) is 6.03 Å². The van der Waals surface area contributed by atoms with E-state index in [0.717, 1.165) is 47.5 Å². The lowest BCUT2D eigenvalue weighted by molar-refractivity contribution is 0.0564. The number of hydrogen-bond donors (Lipinski definition) is 2. The third kappa shape index (κ3) is 6.37. The van der Waals surface area contributed by atoms with Crippen molar-refractivity contribution in [2.24, 2.45) is 0 Å². The Balaban J connectivity index is 1.38. The molecular formula is C28H33N9O2. The number of unbranched alkanes of at least 4 members (excludes halogenated alkanes) is 1. The van der Waals surface area contributed by atoms with Gasteiger partial charge in [-0.15, -0.1) is 5.10 Å². The summed E-state index contributed by atoms with van der Waals surface area (Å²) in [6, 6.07) is 16.4. The van der Waals surface area contributed by atoms with Crippen molar-refractivity contribution in [1.82, 2.24) is 35.5 Å². The fourth-order valence-electron chi connectivity index (χ4n) is 4.58. The van der Waals surface area contributed by atoms with Crippen molar-refractivity contribution in [2.75, 3.05) is 43.1 Å². The van der Waals surface area contributed by atoms with Crippen LogP contribution in [-0.4, -0.2) is 74.4 Å². The van der Waals surface area contributed by atoms with Gasteiger partial charge < -0.3 is 19.9 Å². The van der Waals surface area contributed by atoms with E-state index < -0.39 is 0 Å². The number of hydrogen-bond acceptors (Lipinski definition) is 8. The average Bonchev–Trinajstić information content (AvgIpc) is 3.52. The molecule has 0 radical (unpaired) electrons. The van der Waals surface area contributed by atoms with Crippen molar-refractivity contribution >= 4 is 17.5 Å². The molecule has 2 aromatic carbocycles. The Morgan fingerprint density at radius 1 is 1.10 bits per heavy atom. The van der Waals surface area contributed by atoms with Crippen LogP contribution in [0.15, 0.2) is 54.7 Å². The monoisotopic (exact) mass is 527 g/mol. The van der Waals surface area contributed by atoms with Crippen molar-refractivity contribution in [3.05, 3.63) is 66.1 Å². The molecule has 0 aliphatic carbocycles. The first kappa shape index (κ1) is 26.2. The minimum atomic E-state index is -0.160. The van der Waals surface area contributed by atoms with Crippen LogP contribution in [0.4, 0.5) is 16.3 Å². The van der Waals surface area contributed by atoms with Gasteiger partial charge >= 0.3 is 6.03 Å². The molecule has 11 heteroatoms. The van der Waals surface area contributed by atoms with E-state index in [9.17, 15) is 4.79 Å². The topological polar surface area (TPSA) is 125 Å². The molecule has 0 saturated carbocycles. The SMILES string of the molecule is CCCCN(Cc1ccc(-c2ccccc2-c2nnn[nH]2)cc1)c1nc(C)ncc1NC(=O)N1CCOCC1. The predicted molar refractivity (Wildman–Crippen MR) is 149 cm³/mol. The third-order valence-corrected chi connectivity index (χ3v) is 6.68. The molecule has 5 rings (SSSR count). The van der Waals surface area contributed by atoms with Gasteiger partial charge in [0.1, 0.15) is 11.5 Å². The Hall–Kier alpha value is -4.38. The summed E-state index contributed by atoms with van der Waals surface area (Å²) in [7, 11) is 0. The molecule has 2 aromatic heterocycles. The Morgan fingerprint density at radius 3 is 2.59 bits per heavy atom. The van der Waals surface area contributed by atoms with E-state index in [1.165, 1.54) is 0 Å². The van der Waals surface area contributed by atoms with Crippen LogP contribution < -0.4 is 10.2 Å². The van der Waals surface area contributed by atoms with Crippen LogP contribution >= 0.6 is 0 Å². The highest BCUT2D eigenvalue weighted by molar-refractivity contribution is 5.92. The van der Waals surface area contributed by atoms with Crippen LogP contribution in [0.1, 0.15) is 31.2 Å². The summed E-state index contributed by atoms with van der Waals surface area (Å²) in [5.74, 6) is 2.01. The number of carbonyl (C=O) groups is 1. The molecule has 1 aliphatic rings. The van der Waals surface area contributed by atoms with Gasteiger partial charge in [-0.25, -0.2) is 19.9 Å². The summed E-state index contributed by atoms with van der Waals surface area (Å²) >= 11 is 0. The van der Waals surface area contributed by atoms with Crippen LogP contribution in [0.25, 0.3) is 22.5 Å². The zero-order chi connectivity index (χ0) is 27.0. The molecule has 1 fully saturated rings. The predicted octanol–water partition coefficient (Wildman–Crippen LogP) is 4.30. The molecule has 0 spiro atoms. The zero-order valence-electron chi connectivity index (χ0n) is 22.3. The molecule has 1 saturated heterocycles. The summed E-state index contributed by atoms with van der Waals surface area (Å²) < 4.78 is 5.39. The summed E-state index contributed by atoms with van der Waals surface area (Å²) in [5, 5.41) is 17.4. The first-order valence-corrected chi connectivity index (χ1v) is 13.3. The number of aromatic amines is 1. The Morgan fingerprint density at radius 2 is 1.87 bits per heavy atom. The first-order chi connectivity index (χ1) is 19.1. The first-order valence-electron chi connectivity index (χ1n) is 13.3. The lowest BCUT2D eigenvalue weighted by Crippen LogP contribution is -2.43. The minimum absolute atomic E-state index is 0.160. The standard InChI is InChI=1S/C28H33N9O2/c1-3-4-13-37(27-25(18-29-20(2)30-27)31-28(38)36-14-16-39-17-15-36)19-21-9-11-22(12-10-21)23-7-5-6-8-24(23)26-32-34-35-33-26/h5-12,18H,3-4,13-17,19H2,1-2H3,(H,31,38)(H,32,33,34,35). The number of tetrazole rings is 1. The second kappa shape index (κ2) is 12.4. The Labute approximate surface area is 227 Å². The van der Waals surface area contributed by atoms with Gasteiger partial charge in [0.15, 0.2) is 11.6 Å². The van der Waals surface area contributed by atoms with Crippen LogP contribution in [0.3, 0.4) is 0 Å². The largest absolute Gasteiger partial charge is 0.378 e. The lowest BCUT2D eigenvalue weighted by Gasteiger charge is -2.29. The highest BCUT2D eigenvalue weighted by Crippen LogP contribution is 2.31. The molecule has 3 heterocycles. The molecule has 4 aromatic rings. The van der Waals surface area contributed by atoms with E-state index >= 15 is 0 Å². The highest BCUT2D eigenvalue weighted by atomic mass is 16.5. The van der Waals surface area contributed by atoms with E-state index in [1.54, 1.807) is 11.1 Å². The van der Waals surface area contributed by atoms with Gasteiger partial charge in [0, 0.05) is 31.7 Å². The number of benzene rings is 2. The normalized spacial score (nSPS) is 13.3. The second-order valence-corrected chi connectivity index (χ2v) is 9.45. The van der Waals surface area contributed by atoms with Crippen molar-refractivity contribution in [2.45, 2.75) is 33.2 Å². The maximum Gasteiger partial charge on any atom is 0.322 e. The van der Waals surface area contributed by atoms with Gasteiger partial charge in [-0.3, -0.25) is 0 Å². The van der Waals surface area contributed by atoms with Gasteiger partial charge in [-0.05, 0) is 40.5 Å². The van der Waals surface area contributed by atoms with Crippen molar-refractivity contribution in [3.63, 3.8) is 0 Å². The number of aryl methyl sites for hydroxylation is 1. The number of morpholine rings is 1. The summed E-state index contributed by atoms with van der Waals surface area (Å²) in [4.78, 5) is 26.1. The number of nitrogens with zero attached hydrogens (tertiary/aromatic N) is 7. The molecule has 11 nitrogen and oxygen atoms in total. The molecule has 0 atom stereocenters. The van der Waals surface area contributed by atoms with E-state index in [4.69, 9.17) is 9.72 Å². The fourth-order valence-corrected chi connectivity index (χ4v) is 4.58. The number of rotatable bonds is 9. The van der Waals surface area contributed by atoms with Crippen LogP contribution in [-0.2, 0) is 11.3 Å². The number of nitrogens with one attached hydrogen (secondary N) is 2. The smallest absolute Gasteiger partial charge is 0.322 e. The second-order valence-electron chi connectivity index (χ2n) is 9.45. The van der Waals surface area contributed by atoms with Gasteiger partial charge in [0.25, 0.3) is 0 Å². The van der Waals surface area contributed by atoms with Gasteiger partial charge in [-0.1, -0.05) is 61.9 Å². The molecule has 2 N–H and O–H groups in total. The third-order valence-electron chi connectivity index (χ3n) is 6.68. The number of urea groups is 1. The molecule has 1 aliphatic heterocycles. The summed E-state index contributed by atoms with van der Waals surface area (Å²) in [6.07, 6.45) is 3.74. The molecule has 2 amide bonds. The van der Waals surface area contributed by atoms with Gasteiger partial charge in [-0.2, -0.15) is 0 Å². The Bertz CT molecular complexity index is 1370. The van der Waals surface area contributed by atoms with Crippen LogP contribution in [0, 0.1) is 6.92 Å². The minimum Gasteiger partial charge on any atom is -0.378 e. The quantitative estimate of drug-likeness (QED) is 0.330. The molecule has 202 valence electrons. The van der Waals surface area contributed by atoms with Crippen molar-refractivity contribution in [1.29, 1.82) is 0 Å². The zero-order valence-corrected chi connectivity index (χ0v) is 22.3. The van der Waals surface area contributed by atoms with E-state index in [0.29, 0.717) is 50.2 Å². The van der Waals surface area contributed by atoms with Crippen LogP contribution in [0.2, 0.25) is 0 Å². The highest BCUT2D eigenvalue weighted by Gasteiger charge is 2.21.